The molecule has 0 radical (unpaired) electrons. The molecule has 2 rings (SSSR count). The zero-order valence-electron chi connectivity index (χ0n) is 9.47. The fraction of sp³-hybridized carbons (Fsp3) is 0.0833. The Kier molecular flexibility index (Phi) is 4.14. The number of halogens is 3. The molecule has 0 aliphatic carbocycles. The molecule has 1 aromatic carbocycles. The van der Waals surface area contributed by atoms with Crippen molar-refractivity contribution in [1.82, 2.24) is 4.98 Å². The van der Waals surface area contributed by atoms with Gasteiger partial charge in [0.25, 0.3) is 0 Å². The summed E-state index contributed by atoms with van der Waals surface area (Å²) in [4.78, 5) is 4.22. The summed E-state index contributed by atoms with van der Waals surface area (Å²) in [6.07, 6.45) is 1.68. The van der Waals surface area contributed by atoms with Crippen LogP contribution in [-0.4, -0.2) is 4.98 Å². The fourth-order valence-electron chi connectivity index (χ4n) is 1.43. The predicted octanol–water partition coefficient (Wildman–Crippen LogP) is 4.89. The number of nitrogens with two attached hydrogens (primary N) is 1. The van der Waals surface area contributed by atoms with Crippen LogP contribution in [0, 0.1) is 6.92 Å². The van der Waals surface area contributed by atoms with Gasteiger partial charge in [0.15, 0.2) is 5.82 Å². The molecule has 0 fully saturated rings. The average Bonchev–Trinajstić information content (AvgIpc) is 2.29. The fourth-order valence-corrected chi connectivity index (χ4v) is 2.50. The number of rotatable bonds is 2. The highest BCUT2D eigenvalue weighted by molar-refractivity contribution is 9.10. The van der Waals surface area contributed by atoms with E-state index in [1.807, 2.05) is 19.1 Å². The molecule has 18 heavy (non-hydrogen) atoms. The van der Waals surface area contributed by atoms with Crippen LogP contribution in [0.3, 0.4) is 0 Å². The second kappa shape index (κ2) is 5.47. The van der Waals surface area contributed by atoms with Crippen LogP contribution < -0.4 is 11.1 Å². The van der Waals surface area contributed by atoms with Gasteiger partial charge in [-0.2, -0.15) is 0 Å². The van der Waals surface area contributed by atoms with E-state index < -0.39 is 0 Å². The Morgan fingerprint density at radius 3 is 2.67 bits per heavy atom. The second-order valence-corrected chi connectivity index (χ2v) is 5.97. The summed E-state index contributed by atoms with van der Waals surface area (Å²) >= 11 is 12.9. The zero-order valence-corrected chi connectivity index (χ0v) is 13.4. The van der Waals surface area contributed by atoms with Crippen molar-refractivity contribution in [3.8, 4) is 0 Å². The molecule has 0 amide bonds. The van der Waals surface area contributed by atoms with Gasteiger partial charge in [-0.05, 0) is 62.5 Å². The normalized spacial score (nSPS) is 10.4. The van der Waals surface area contributed by atoms with Crippen molar-refractivity contribution in [2.24, 2.45) is 0 Å². The van der Waals surface area contributed by atoms with Crippen molar-refractivity contribution in [1.29, 1.82) is 0 Å². The molecule has 94 valence electrons. The maximum absolute atomic E-state index is 6.10. The summed E-state index contributed by atoms with van der Waals surface area (Å²) in [7, 11) is 0. The lowest BCUT2D eigenvalue weighted by Crippen LogP contribution is -2.00. The summed E-state index contributed by atoms with van der Waals surface area (Å²) in [5, 5.41) is 3.84. The molecule has 1 heterocycles. The Labute approximate surface area is 127 Å². The molecule has 1 aromatic heterocycles. The first kappa shape index (κ1) is 13.6. The van der Waals surface area contributed by atoms with Crippen LogP contribution in [0.15, 0.2) is 33.3 Å². The summed E-state index contributed by atoms with van der Waals surface area (Å²) in [6.45, 7) is 1.95. The first-order valence-electron chi connectivity index (χ1n) is 5.11. The minimum atomic E-state index is 0.563. The van der Waals surface area contributed by atoms with Crippen molar-refractivity contribution in [3.63, 3.8) is 0 Å². The molecule has 0 spiro atoms. The number of hydrogen-bond donors (Lipinski definition) is 2. The summed E-state index contributed by atoms with van der Waals surface area (Å²) in [6, 6.07) is 5.57. The first-order valence-corrected chi connectivity index (χ1v) is 7.07. The SMILES string of the molecule is Cc1cc(Br)c(Nc2ncc(Br)cc2N)cc1Cl. The number of nitrogen functional groups attached to an aromatic ring is 1. The third kappa shape index (κ3) is 2.96. The Bertz CT molecular complexity index is 602. The number of aryl methyl sites for hydroxylation is 1. The van der Waals surface area contributed by atoms with Crippen LogP contribution in [0.5, 0.6) is 0 Å². The quantitative estimate of drug-likeness (QED) is 0.766. The van der Waals surface area contributed by atoms with Crippen molar-refractivity contribution < 1.29 is 0 Å². The maximum atomic E-state index is 6.10. The van der Waals surface area contributed by atoms with E-state index in [1.54, 1.807) is 12.3 Å². The van der Waals surface area contributed by atoms with Crippen LogP contribution in [0.1, 0.15) is 5.56 Å². The molecule has 2 aromatic rings. The molecule has 0 aliphatic heterocycles. The number of aromatic nitrogens is 1. The molecule has 6 heteroatoms. The van der Waals surface area contributed by atoms with Gasteiger partial charge in [0, 0.05) is 20.2 Å². The van der Waals surface area contributed by atoms with E-state index in [0.29, 0.717) is 16.5 Å². The average molecular weight is 391 g/mol. The third-order valence-corrected chi connectivity index (χ3v) is 3.88. The van der Waals surface area contributed by atoms with Gasteiger partial charge in [0.2, 0.25) is 0 Å². The van der Waals surface area contributed by atoms with E-state index in [-0.39, 0.29) is 0 Å². The van der Waals surface area contributed by atoms with Gasteiger partial charge in [0.1, 0.15) is 0 Å². The molecule has 0 saturated carbocycles. The lowest BCUT2D eigenvalue weighted by atomic mass is 10.2. The van der Waals surface area contributed by atoms with Crippen molar-refractivity contribution in [3.05, 3.63) is 43.9 Å². The maximum Gasteiger partial charge on any atom is 0.153 e. The van der Waals surface area contributed by atoms with Gasteiger partial charge in [-0.3, -0.25) is 0 Å². The number of anilines is 3. The van der Waals surface area contributed by atoms with Crippen LogP contribution in [0.2, 0.25) is 5.02 Å². The van der Waals surface area contributed by atoms with Gasteiger partial charge in [-0.1, -0.05) is 11.6 Å². The highest BCUT2D eigenvalue weighted by Crippen LogP contribution is 2.32. The Morgan fingerprint density at radius 1 is 1.28 bits per heavy atom. The van der Waals surface area contributed by atoms with Gasteiger partial charge < -0.3 is 11.1 Å². The summed E-state index contributed by atoms with van der Waals surface area (Å²) < 4.78 is 1.75. The molecular formula is C12H10Br2ClN3. The number of nitrogens with zero attached hydrogens (tertiary/aromatic N) is 1. The smallest absolute Gasteiger partial charge is 0.153 e. The highest BCUT2D eigenvalue weighted by Gasteiger charge is 2.07. The number of nitrogens with one attached hydrogen (secondary N) is 1. The lowest BCUT2D eigenvalue weighted by molar-refractivity contribution is 1.29. The van der Waals surface area contributed by atoms with Crippen LogP contribution in [0.25, 0.3) is 0 Å². The summed E-state index contributed by atoms with van der Waals surface area (Å²) in [5.74, 6) is 0.596. The van der Waals surface area contributed by atoms with Gasteiger partial charge in [-0.15, -0.1) is 0 Å². The van der Waals surface area contributed by atoms with Crippen molar-refractivity contribution in [2.75, 3.05) is 11.1 Å². The van der Waals surface area contributed by atoms with Crippen molar-refractivity contribution in [2.45, 2.75) is 6.92 Å². The van der Waals surface area contributed by atoms with E-state index in [2.05, 4.69) is 42.2 Å². The zero-order chi connectivity index (χ0) is 13.3. The van der Waals surface area contributed by atoms with Crippen LogP contribution in [0.4, 0.5) is 17.2 Å². The Morgan fingerprint density at radius 2 is 2.00 bits per heavy atom. The number of benzene rings is 1. The molecule has 3 N–H and O–H groups in total. The number of pyridine rings is 1. The molecular weight excluding hydrogens is 381 g/mol. The van der Waals surface area contributed by atoms with E-state index in [9.17, 15) is 0 Å². The monoisotopic (exact) mass is 389 g/mol. The topological polar surface area (TPSA) is 50.9 Å². The molecule has 0 saturated heterocycles. The van der Waals surface area contributed by atoms with Crippen LogP contribution >= 0.6 is 43.5 Å². The highest BCUT2D eigenvalue weighted by atomic mass is 79.9. The van der Waals surface area contributed by atoms with E-state index in [0.717, 1.165) is 20.2 Å². The molecule has 0 aliphatic rings. The van der Waals surface area contributed by atoms with Crippen LogP contribution in [-0.2, 0) is 0 Å². The second-order valence-electron chi connectivity index (χ2n) is 3.80. The lowest BCUT2D eigenvalue weighted by Gasteiger charge is -2.11. The van der Waals surface area contributed by atoms with E-state index in [1.165, 1.54) is 0 Å². The molecule has 0 atom stereocenters. The largest absolute Gasteiger partial charge is 0.396 e. The standard InChI is InChI=1S/C12H10Br2ClN3/c1-6-2-8(14)11(4-9(6)15)18-12-10(16)3-7(13)5-17-12/h2-5H,16H2,1H3,(H,17,18). The van der Waals surface area contributed by atoms with E-state index in [4.69, 9.17) is 17.3 Å². The third-order valence-electron chi connectivity index (χ3n) is 2.39. The van der Waals surface area contributed by atoms with E-state index >= 15 is 0 Å². The van der Waals surface area contributed by atoms with Gasteiger partial charge in [0.05, 0.1) is 11.4 Å². The van der Waals surface area contributed by atoms with Crippen molar-refractivity contribution >= 4 is 60.7 Å². The minimum Gasteiger partial charge on any atom is -0.396 e. The van der Waals surface area contributed by atoms with Gasteiger partial charge >= 0.3 is 0 Å². The molecule has 3 nitrogen and oxygen atoms in total. The minimum absolute atomic E-state index is 0.563. The molecule has 0 bridgehead atoms. The van der Waals surface area contributed by atoms with Gasteiger partial charge in [-0.25, -0.2) is 4.98 Å². The molecule has 0 unspecified atom stereocenters. The summed E-state index contributed by atoms with van der Waals surface area (Å²) in [5.41, 5.74) is 8.28. The first-order chi connectivity index (χ1) is 8.47. The predicted molar refractivity (Wildman–Crippen MR) is 83.5 cm³/mol. The Hall–Kier alpha value is -0.780. The number of hydrogen-bond acceptors (Lipinski definition) is 3. The Balaban J connectivity index is 2.37.